The van der Waals surface area contributed by atoms with E-state index in [9.17, 15) is 0 Å². The third kappa shape index (κ3) is 24.9. The average Bonchev–Trinajstić information content (AvgIpc) is 4.26. The van der Waals surface area contributed by atoms with E-state index >= 15 is 0 Å². The second-order valence-electron chi connectivity index (χ2n) is 14.9. The standard InChI is InChI=1S/6C7H6N2.2C4H8O.7ClH.2Ru/c6*1-2-4-7-6(3-1)5-8-9-7;2*1-2-4-5-3-1;;;;;;;;;/h6*1-5H,(H,8,9);2*1-4H2;7*1H;;/q;;;;;;;;;;;;;;;+3;+4/p-6. The minimum absolute atomic E-state index is 1.00. The predicted molar refractivity (Wildman–Crippen MR) is 296 cm³/mol. The maximum atomic E-state index is 5.00. The number of fused-ring (bicyclic) bond motifs is 6. The number of hydrogen-bond acceptors (Lipinski definition) is 7. The van der Waals surface area contributed by atoms with E-state index in [0.717, 1.165) is 86.5 Å². The van der Waals surface area contributed by atoms with Gasteiger partial charge in [-0.15, -0.1) is 5.10 Å². The summed E-state index contributed by atoms with van der Waals surface area (Å²) < 4.78 is 9.89. The smallest absolute Gasteiger partial charge is 0.200 e. The van der Waals surface area contributed by atoms with Crippen LogP contribution in [0.2, 0.25) is 0 Å². The number of aromatic amines is 7. The van der Waals surface area contributed by atoms with E-state index in [1.54, 1.807) is 0 Å². The van der Waals surface area contributed by atoms with Gasteiger partial charge < -0.3 is 9.47 Å². The molecule has 12 aromatic rings. The fraction of sp³-hybridized carbons (Fsp3) is 0.160. The Morgan fingerprint density at radius 1 is 0.370 bits per heavy atom. The Bertz CT molecular complexity index is 2550. The van der Waals surface area contributed by atoms with Gasteiger partial charge in [0, 0.05) is 53.4 Å². The number of H-pyrrole nitrogens is 7. The third-order valence-electron chi connectivity index (χ3n) is 9.80. The predicted octanol–water partition coefficient (Wildman–Crippen LogP) is 15.2. The Hall–Kier alpha value is -4.66. The van der Waals surface area contributed by atoms with Gasteiger partial charge in [0.2, 0.25) is 6.20 Å². The van der Waals surface area contributed by atoms with Gasteiger partial charge in [-0.05, 0) is 68.1 Å². The summed E-state index contributed by atoms with van der Waals surface area (Å²) in [6.45, 7) is 4.00. The van der Waals surface area contributed by atoms with Gasteiger partial charge >= 0.3 is 91.6 Å². The van der Waals surface area contributed by atoms with E-state index in [4.69, 9.17) is 77.3 Å². The number of benzene rings is 6. The molecule has 389 valence electrons. The molecule has 0 amide bonds. The molecular weight excluding hydrogens is 1250 g/mol. The van der Waals surface area contributed by atoms with Crippen molar-refractivity contribution in [3.63, 3.8) is 0 Å². The van der Waals surface area contributed by atoms with E-state index in [0.29, 0.717) is 0 Å². The molecule has 73 heavy (non-hydrogen) atoms. The number of halogens is 7. The number of para-hydroxylation sites is 6. The Balaban J connectivity index is 0.000000152. The van der Waals surface area contributed by atoms with Crippen LogP contribution in [0.15, 0.2) is 183 Å². The molecule has 0 aliphatic carbocycles. The largest absolute Gasteiger partial charge is 0.278 e. The van der Waals surface area contributed by atoms with E-state index in [2.05, 4.69) is 67.3 Å². The molecule has 6 aromatic heterocycles. The van der Waals surface area contributed by atoms with Crippen LogP contribution in [0.5, 0.6) is 0 Å². The fourth-order valence-electron chi connectivity index (χ4n) is 6.36. The maximum absolute atomic E-state index is 5.00. The monoisotopic (exact) mass is 1300 g/mol. The van der Waals surface area contributed by atoms with Crippen molar-refractivity contribution < 1.29 is 38.4 Å². The van der Waals surface area contributed by atoms with Gasteiger partial charge in [-0.3, -0.25) is 25.5 Å². The number of hydrogen-bond donors (Lipinski definition) is 6. The molecule has 0 bridgehead atoms. The van der Waals surface area contributed by atoms with E-state index in [1.807, 2.05) is 177 Å². The molecule has 23 heteroatoms. The zero-order valence-corrected chi connectivity index (χ0v) is 47.7. The van der Waals surface area contributed by atoms with Crippen molar-refractivity contribution in [1.82, 2.24) is 56.1 Å². The van der Waals surface area contributed by atoms with Crippen LogP contribution in [0.1, 0.15) is 25.7 Å². The van der Waals surface area contributed by atoms with Gasteiger partial charge in [-0.25, -0.2) is 0 Å². The van der Waals surface area contributed by atoms with Gasteiger partial charge in [0.25, 0.3) is 0 Å². The Morgan fingerprint density at radius 3 is 0.795 bits per heavy atom. The molecular formula is C50H53Cl7N12O2Ru2+. The molecule has 2 aliphatic rings. The first kappa shape index (κ1) is 59.2. The van der Waals surface area contributed by atoms with Crippen molar-refractivity contribution in [3.8, 4) is 0 Å². The maximum Gasteiger partial charge on any atom is 0.200 e. The zero-order valence-electron chi connectivity index (χ0n) is 38.9. The molecule has 2 aliphatic heterocycles. The molecule has 2 fully saturated rings. The first-order valence-corrected chi connectivity index (χ1v) is 37.9. The van der Waals surface area contributed by atoms with Crippen LogP contribution in [-0.4, -0.2) is 82.5 Å². The number of nitrogens with zero attached hydrogens (tertiary/aromatic N) is 5. The molecule has 0 spiro atoms. The van der Waals surface area contributed by atoms with Crippen LogP contribution in [0, 0.1) is 0 Å². The fourth-order valence-corrected chi connectivity index (χ4v) is 6.36. The van der Waals surface area contributed by atoms with Crippen LogP contribution < -0.4 is 5.10 Å². The molecule has 14 rings (SSSR count). The van der Waals surface area contributed by atoms with Crippen molar-refractivity contribution in [2.45, 2.75) is 25.7 Å². The first-order valence-electron chi connectivity index (χ1n) is 22.2. The third-order valence-corrected chi connectivity index (χ3v) is 9.80. The summed E-state index contributed by atoms with van der Waals surface area (Å²) in [5.74, 6) is 0. The Kier molecular flexibility index (Phi) is 28.2. The van der Waals surface area contributed by atoms with Gasteiger partial charge in [-0.2, -0.15) is 30.6 Å². The van der Waals surface area contributed by atoms with Gasteiger partial charge in [0.15, 0.2) is 0 Å². The van der Waals surface area contributed by atoms with Gasteiger partial charge in [-0.1, -0.05) is 103 Å². The average molecular weight is 1300 g/mol. The SMILES string of the molecule is C1CCOC1.C1CCOC1.[Cl][Ru]([Cl])([Cl])[Cl].[Cl][Ru]([Cl])[Cl].c1ccc2[nH][nH+]cc2c1.c1ccc2[nH]ncc2c1.c1ccc2[nH]ncc2c1.c1ccc2[nH]ncc2c1.c1ccc2[nH]ncc2c1.c1ccc2[nH]ncc2c1. The Labute approximate surface area is 458 Å². The van der Waals surface area contributed by atoms with Crippen molar-refractivity contribution in [3.05, 3.63) is 183 Å². The molecule has 0 radical (unpaired) electrons. The summed E-state index contributed by atoms with van der Waals surface area (Å²) >= 11 is -1.75. The number of rotatable bonds is 0. The quantitative estimate of drug-likeness (QED) is 0.0814. The zero-order chi connectivity index (χ0) is 51.8. The summed E-state index contributed by atoms with van der Waals surface area (Å²) in [5.41, 5.74) is 6.63. The number of ether oxygens (including phenoxy) is 2. The van der Waals surface area contributed by atoms with Crippen LogP contribution in [0.3, 0.4) is 0 Å². The van der Waals surface area contributed by atoms with Crippen molar-refractivity contribution in [2.24, 2.45) is 0 Å². The Morgan fingerprint density at radius 2 is 0.589 bits per heavy atom. The van der Waals surface area contributed by atoms with Crippen LogP contribution in [-0.2, 0) is 33.3 Å². The minimum Gasteiger partial charge on any atom is -0.278 e. The molecule has 14 nitrogen and oxygen atoms in total. The van der Waals surface area contributed by atoms with Gasteiger partial charge in [0.05, 0.1) is 64.0 Å². The van der Waals surface area contributed by atoms with Crippen LogP contribution >= 0.6 is 67.8 Å². The summed E-state index contributed by atoms with van der Waals surface area (Å²) in [6.07, 6.45) is 16.1. The van der Waals surface area contributed by atoms with Crippen molar-refractivity contribution in [1.29, 1.82) is 0 Å². The molecule has 0 unspecified atom stereocenters. The van der Waals surface area contributed by atoms with E-state index < -0.39 is 23.8 Å². The van der Waals surface area contributed by atoms with E-state index in [1.165, 1.54) is 31.1 Å². The summed E-state index contributed by atoms with van der Waals surface area (Å²) in [4.78, 5) is 0. The van der Waals surface area contributed by atoms with Crippen LogP contribution in [0.25, 0.3) is 65.4 Å². The molecule has 7 N–H and O–H groups in total. The number of aromatic nitrogens is 12. The second kappa shape index (κ2) is 34.8. The topological polar surface area (TPSA) is 192 Å². The van der Waals surface area contributed by atoms with E-state index in [-0.39, 0.29) is 0 Å². The normalized spacial score (nSPS) is 12.5. The summed E-state index contributed by atoms with van der Waals surface area (Å²) in [6, 6.07) is 48.2. The molecule has 2 saturated heterocycles. The van der Waals surface area contributed by atoms with Crippen molar-refractivity contribution in [2.75, 3.05) is 26.4 Å². The molecule has 0 atom stereocenters. The number of nitrogens with one attached hydrogen (secondary N) is 7. The molecule has 6 aromatic carbocycles. The summed E-state index contributed by atoms with van der Waals surface area (Å²) in [5, 5.41) is 46.7. The minimum atomic E-state index is -2.97. The van der Waals surface area contributed by atoms with Crippen LogP contribution in [0.4, 0.5) is 0 Å². The summed E-state index contributed by atoms with van der Waals surface area (Å²) in [7, 11) is 31.9. The first-order chi connectivity index (χ1) is 35.5. The van der Waals surface area contributed by atoms with Gasteiger partial charge in [0.1, 0.15) is 5.52 Å². The molecule has 0 saturated carbocycles. The van der Waals surface area contributed by atoms with Crippen molar-refractivity contribution >= 4 is 133 Å². The molecule has 8 heterocycles. The second-order valence-corrected chi connectivity index (χ2v) is 38.6.